The van der Waals surface area contributed by atoms with Gasteiger partial charge in [0.1, 0.15) is 12.0 Å². The Kier molecular flexibility index (Phi) is 2.12. The smallest absolute Gasteiger partial charge is 0.135 e. The van der Waals surface area contributed by atoms with E-state index in [2.05, 4.69) is 4.99 Å². The maximum absolute atomic E-state index is 5.61. The Labute approximate surface area is 110 Å². The fourth-order valence-corrected chi connectivity index (χ4v) is 2.25. The third-order valence-corrected chi connectivity index (χ3v) is 3.19. The Morgan fingerprint density at radius 1 is 0.842 bits per heavy atom. The fourth-order valence-electron chi connectivity index (χ4n) is 2.25. The van der Waals surface area contributed by atoms with Crippen molar-refractivity contribution < 1.29 is 4.74 Å². The average molecular weight is 246 g/mol. The first kappa shape index (κ1) is 10.3. The van der Waals surface area contributed by atoms with E-state index in [9.17, 15) is 0 Å². The quantitative estimate of drug-likeness (QED) is 0.696. The number of para-hydroxylation sites is 3. The molecule has 19 heavy (non-hydrogen) atoms. The molecule has 3 heteroatoms. The number of nitrogens with zero attached hydrogens (tertiary/aromatic N) is 2. The van der Waals surface area contributed by atoms with Gasteiger partial charge in [-0.3, -0.25) is 4.99 Å². The number of hydrogen-bond acceptors (Lipinski definition) is 3. The first-order valence-corrected chi connectivity index (χ1v) is 6.10. The van der Waals surface area contributed by atoms with E-state index in [0.29, 0.717) is 0 Å². The van der Waals surface area contributed by atoms with Crippen LogP contribution in [0.25, 0.3) is 0 Å². The van der Waals surface area contributed by atoms with Crippen LogP contribution >= 0.6 is 0 Å². The Morgan fingerprint density at radius 3 is 2.58 bits per heavy atom. The number of aliphatic imine (C=N–C) groups is 2. The van der Waals surface area contributed by atoms with E-state index >= 15 is 0 Å². The van der Waals surface area contributed by atoms with E-state index in [1.807, 2.05) is 48.5 Å². The summed E-state index contributed by atoms with van der Waals surface area (Å²) in [6.45, 7) is 0. The first-order chi connectivity index (χ1) is 9.42. The van der Waals surface area contributed by atoms with Gasteiger partial charge in [0.2, 0.25) is 0 Å². The topological polar surface area (TPSA) is 34.0 Å². The number of ether oxygens (including phenoxy) is 1. The maximum Gasteiger partial charge on any atom is 0.135 e. The zero-order chi connectivity index (χ0) is 12.7. The van der Waals surface area contributed by atoms with E-state index in [0.717, 1.165) is 34.0 Å². The van der Waals surface area contributed by atoms with Gasteiger partial charge in [-0.15, -0.1) is 0 Å². The molecule has 2 aliphatic rings. The molecule has 2 aliphatic heterocycles. The summed E-state index contributed by atoms with van der Waals surface area (Å²) in [6, 6.07) is 15.8. The second kappa shape index (κ2) is 3.92. The molecule has 0 aromatic heterocycles. The summed E-state index contributed by atoms with van der Waals surface area (Å²) in [5.74, 6) is 0.831. The Hall–Kier alpha value is -2.68. The van der Waals surface area contributed by atoms with Crippen molar-refractivity contribution in [2.45, 2.75) is 0 Å². The van der Waals surface area contributed by atoms with Crippen molar-refractivity contribution in [2.75, 3.05) is 0 Å². The first-order valence-electron chi connectivity index (χ1n) is 6.10. The third kappa shape index (κ3) is 1.59. The highest BCUT2D eigenvalue weighted by Gasteiger charge is 2.20. The van der Waals surface area contributed by atoms with Gasteiger partial charge < -0.3 is 4.74 Å². The monoisotopic (exact) mass is 246 g/mol. The van der Waals surface area contributed by atoms with Crippen LogP contribution in [0.5, 0.6) is 5.75 Å². The van der Waals surface area contributed by atoms with Crippen molar-refractivity contribution in [3.63, 3.8) is 0 Å². The van der Waals surface area contributed by atoms with Gasteiger partial charge in [-0.05, 0) is 24.3 Å². The molecule has 2 aromatic carbocycles. The zero-order valence-electron chi connectivity index (χ0n) is 10.1. The lowest BCUT2D eigenvalue weighted by Crippen LogP contribution is -2.13. The second-order valence-corrected chi connectivity index (χ2v) is 4.39. The van der Waals surface area contributed by atoms with Crippen LogP contribution in [0, 0.1) is 0 Å². The largest absolute Gasteiger partial charge is 0.464 e. The predicted octanol–water partition coefficient (Wildman–Crippen LogP) is 3.80. The molecule has 0 saturated heterocycles. The summed E-state index contributed by atoms with van der Waals surface area (Å²) in [5.41, 5.74) is 4.57. The van der Waals surface area contributed by atoms with Crippen LogP contribution in [0.15, 0.2) is 70.4 Å². The third-order valence-electron chi connectivity index (χ3n) is 3.19. The van der Waals surface area contributed by atoms with Gasteiger partial charge in [-0.2, -0.15) is 0 Å². The molecule has 0 fully saturated rings. The van der Waals surface area contributed by atoms with Crippen LogP contribution in [0.3, 0.4) is 0 Å². The van der Waals surface area contributed by atoms with Crippen LogP contribution in [0.1, 0.15) is 5.56 Å². The molecule has 90 valence electrons. The lowest BCUT2D eigenvalue weighted by Gasteiger charge is -2.16. The Bertz CT molecular complexity index is 757. The average Bonchev–Trinajstić information content (AvgIpc) is 2.66. The minimum Gasteiger partial charge on any atom is -0.464 e. The molecule has 0 radical (unpaired) electrons. The van der Waals surface area contributed by atoms with Crippen LogP contribution < -0.4 is 4.74 Å². The second-order valence-electron chi connectivity index (χ2n) is 4.39. The molecule has 0 aliphatic carbocycles. The minimum atomic E-state index is 0.831. The Balaban J connectivity index is 1.99. The summed E-state index contributed by atoms with van der Waals surface area (Å²) in [6.07, 6.45) is 3.51. The number of allylic oxidation sites excluding steroid dienone is 1. The standard InChI is InChI=1S/C16H10N2O/c1-4-8-15-12(5-1)16-11(10-19-15)9-17-13-6-2-3-7-14(13)18-16/h1-10H. The van der Waals surface area contributed by atoms with E-state index < -0.39 is 0 Å². The van der Waals surface area contributed by atoms with E-state index in [-0.39, 0.29) is 0 Å². The summed E-state index contributed by atoms with van der Waals surface area (Å²) in [7, 11) is 0. The number of fused-ring (bicyclic) bond motifs is 4. The van der Waals surface area contributed by atoms with Crippen LogP contribution in [-0.4, -0.2) is 11.9 Å². The highest BCUT2D eigenvalue weighted by molar-refractivity contribution is 6.27. The van der Waals surface area contributed by atoms with Gasteiger partial charge in [-0.25, -0.2) is 4.99 Å². The molecule has 0 spiro atoms. The lowest BCUT2D eigenvalue weighted by molar-refractivity contribution is 0.475. The van der Waals surface area contributed by atoms with Crippen molar-refractivity contribution in [3.8, 4) is 5.75 Å². The van der Waals surface area contributed by atoms with Gasteiger partial charge in [0.05, 0.1) is 22.7 Å². The van der Waals surface area contributed by atoms with Gasteiger partial charge in [-0.1, -0.05) is 24.3 Å². The predicted molar refractivity (Wildman–Crippen MR) is 75.9 cm³/mol. The van der Waals surface area contributed by atoms with Gasteiger partial charge in [0.15, 0.2) is 0 Å². The summed E-state index contributed by atoms with van der Waals surface area (Å²) >= 11 is 0. The van der Waals surface area contributed by atoms with Gasteiger partial charge >= 0.3 is 0 Å². The van der Waals surface area contributed by atoms with Crippen molar-refractivity contribution in [3.05, 3.63) is 65.9 Å². The van der Waals surface area contributed by atoms with Crippen molar-refractivity contribution in [1.82, 2.24) is 0 Å². The summed E-state index contributed by atoms with van der Waals surface area (Å²) < 4.78 is 5.61. The minimum absolute atomic E-state index is 0.831. The molecular formula is C16H10N2O. The normalized spacial score (nSPS) is 15.2. The van der Waals surface area contributed by atoms with Crippen LogP contribution in [-0.2, 0) is 0 Å². The number of rotatable bonds is 0. The number of hydrogen-bond donors (Lipinski definition) is 0. The molecule has 3 nitrogen and oxygen atoms in total. The molecule has 0 saturated carbocycles. The lowest BCUT2D eigenvalue weighted by atomic mass is 10.0. The van der Waals surface area contributed by atoms with Crippen molar-refractivity contribution in [1.29, 1.82) is 0 Å². The Morgan fingerprint density at radius 2 is 1.63 bits per heavy atom. The van der Waals surface area contributed by atoms with Crippen LogP contribution in [0.4, 0.5) is 11.4 Å². The highest BCUT2D eigenvalue weighted by atomic mass is 16.5. The zero-order valence-corrected chi connectivity index (χ0v) is 10.1. The maximum atomic E-state index is 5.61. The highest BCUT2D eigenvalue weighted by Crippen LogP contribution is 2.34. The van der Waals surface area contributed by atoms with Gasteiger partial charge in [0, 0.05) is 11.8 Å². The SMILES string of the molecule is C1=Nc2ccccc2N=C2C1=COc1ccccc12. The molecule has 0 bridgehead atoms. The molecule has 2 heterocycles. The molecular weight excluding hydrogens is 236 g/mol. The summed E-state index contributed by atoms with van der Waals surface area (Å²) in [5, 5.41) is 0. The van der Waals surface area contributed by atoms with Crippen LogP contribution in [0.2, 0.25) is 0 Å². The summed E-state index contributed by atoms with van der Waals surface area (Å²) in [4.78, 5) is 9.20. The van der Waals surface area contributed by atoms with Gasteiger partial charge in [0.25, 0.3) is 0 Å². The molecule has 0 unspecified atom stereocenters. The molecule has 4 rings (SSSR count). The number of benzene rings is 2. The fraction of sp³-hybridized carbons (Fsp3) is 0. The van der Waals surface area contributed by atoms with Crippen molar-refractivity contribution in [2.24, 2.45) is 9.98 Å². The van der Waals surface area contributed by atoms with E-state index in [1.54, 1.807) is 12.5 Å². The molecule has 2 aromatic rings. The molecule has 0 atom stereocenters. The van der Waals surface area contributed by atoms with E-state index in [1.165, 1.54) is 0 Å². The molecule has 0 N–H and O–H groups in total. The molecule has 0 amide bonds. The van der Waals surface area contributed by atoms with Crippen molar-refractivity contribution >= 4 is 23.3 Å². The van der Waals surface area contributed by atoms with E-state index in [4.69, 9.17) is 9.73 Å².